The average Bonchev–Trinajstić information content (AvgIpc) is 3.07. The van der Waals surface area contributed by atoms with Gasteiger partial charge in [0.05, 0.1) is 30.9 Å². The van der Waals surface area contributed by atoms with Crippen LogP contribution in [0.4, 0.5) is 0 Å². The second-order valence-electron chi connectivity index (χ2n) is 5.76. The van der Waals surface area contributed by atoms with E-state index in [2.05, 4.69) is 15.8 Å². The Labute approximate surface area is 156 Å². The smallest absolute Gasteiger partial charge is 0.307 e. The van der Waals surface area contributed by atoms with Gasteiger partial charge in [0.25, 0.3) is 0 Å². The van der Waals surface area contributed by atoms with Crippen LogP contribution in [0.5, 0.6) is 0 Å². The quantitative estimate of drug-likeness (QED) is 0.541. The molecule has 3 rings (SSSR count). The summed E-state index contributed by atoms with van der Waals surface area (Å²) < 4.78 is 7.06. The number of hydrogen-bond donors (Lipinski definition) is 1. The molecule has 0 saturated carbocycles. The molecule has 1 aromatic heterocycles. The summed E-state index contributed by atoms with van der Waals surface area (Å²) in [7, 11) is 1.37. The van der Waals surface area contributed by atoms with Gasteiger partial charge in [-0.1, -0.05) is 36.4 Å². The van der Waals surface area contributed by atoms with Crippen LogP contribution in [0.3, 0.4) is 0 Å². The Morgan fingerprint density at radius 1 is 1.12 bits per heavy atom. The zero-order valence-electron chi connectivity index (χ0n) is 14.2. The summed E-state index contributed by atoms with van der Waals surface area (Å²) in [5, 5.41) is 8.88. The summed E-state index contributed by atoms with van der Waals surface area (Å²) in [4.78, 5) is 14.5. The number of aromatic amines is 1. The van der Waals surface area contributed by atoms with Crippen molar-refractivity contribution >= 4 is 18.2 Å². The normalized spacial score (nSPS) is 10.3. The van der Waals surface area contributed by atoms with Gasteiger partial charge in [0, 0.05) is 12.7 Å². The lowest BCUT2D eigenvalue weighted by atomic mass is 10.0. The Bertz CT molecular complexity index is 1010. The van der Waals surface area contributed by atoms with Gasteiger partial charge >= 0.3 is 5.97 Å². The summed E-state index contributed by atoms with van der Waals surface area (Å²) >= 11 is 5.32. The van der Waals surface area contributed by atoms with Crippen molar-refractivity contribution in [1.29, 1.82) is 5.26 Å². The van der Waals surface area contributed by atoms with E-state index in [-0.39, 0.29) is 12.4 Å². The molecular formula is C20H17N3O2S. The third kappa shape index (κ3) is 3.90. The van der Waals surface area contributed by atoms with E-state index in [1.165, 1.54) is 7.11 Å². The fourth-order valence-corrected chi connectivity index (χ4v) is 2.89. The lowest BCUT2D eigenvalue weighted by molar-refractivity contribution is -0.140. The first kappa shape index (κ1) is 17.6. The molecule has 0 aliphatic carbocycles. The molecule has 0 aliphatic rings. The fraction of sp³-hybridized carbons (Fsp3) is 0.150. The maximum absolute atomic E-state index is 11.3. The molecule has 0 bridgehead atoms. The van der Waals surface area contributed by atoms with Gasteiger partial charge in [-0.25, -0.2) is 0 Å². The number of nitriles is 1. The van der Waals surface area contributed by atoms with E-state index in [1.54, 1.807) is 0 Å². The van der Waals surface area contributed by atoms with Gasteiger partial charge in [-0.05, 0) is 41.0 Å². The maximum atomic E-state index is 11.3. The SMILES string of the molecule is COC(=O)CCn1cc(-c2ccc(-c3ccc(C#N)cc3)cc2)[nH]c1=S. The maximum Gasteiger partial charge on any atom is 0.307 e. The van der Waals surface area contributed by atoms with Crippen molar-refractivity contribution in [2.75, 3.05) is 7.11 Å². The van der Waals surface area contributed by atoms with Gasteiger partial charge in [0.2, 0.25) is 0 Å². The summed E-state index contributed by atoms with van der Waals surface area (Å²) in [6, 6.07) is 17.7. The standard InChI is InChI=1S/C20H17N3O2S/c1-25-19(24)10-11-23-13-18(22-20(23)26)17-8-6-16(7-9-17)15-4-2-14(12-21)3-5-15/h2-9,13H,10-11H2,1H3,(H,22,26). The second-order valence-corrected chi connectivity index (χ2v) is 6.15. The number of H-pyrrole nitrogens is 1. The van der Waals surface area contributed by atoms with Gasteiger partial charge in [0.15, 0.2) is 4.77 Å². The summed E-state index contributed by atoms with van der Waals surface area (Å²) in [6.07, 6.45) is 2.18. The molecule has 0 atom stereocenters. The highest BCUT2D eigenvalue weighted by Gasteiger charge is 2.07. The highest BCUT2D eigenvalue weighted by molar-refractivity contribution is 7.71. The number of aryl methyl sites for hydroxylation is 1. The molecule has 0 saturated heterocycles. The number of ether oxygens (including phenoxy) is 1. The first-order valence-electron chi connectivity index (χ1n) is 8.08. The fourth-order valence-electron chi connectivity index (χ4n) is 2.64. The predicted molar refractivity (Wildman–Crippen MR) is 102 cm³/mol. The van der Waals surface area contributed by atoms with Crippen molar-refractivity contribution in [3.63, 3.8) is 0 Å². The number of benzene rings is 2. The Hall–Kier alpha value is -3.17. The van der Waals surface area contributed by atoms with E-state index >= 15 is 0 Å². The minimum Gasteiger partial charge on any atom is -0.469 e. The number of rotatable bonds is 5. The number of esters is 1. The molecule has 6 heteroatoms. The molecule has 1 N–H and O–H groups in total. The Kier molecular flexibility index (Phi) is 5.30. The molecule has 0 aliphatic heterocycles. The van der Waals surface area contributed by atoms with Crippen LogP contribution in [0.15, 0.2) is 54.7 Å². The molecule has 0 radical (unpaired) electrons. The van der Waals surface area contributed by atoms with E-state index in [4.69, 9.17) is 17.5 Å². The number of imidazole rings is 1. The Balaban J connectivity index is 1.79. The molecule has 1 heterocycles. The van der Waals surface area contributed by atoms with Gasteiger partial charge in [-0.15, -0.1) is 0 Å². The van der Waals surface area contributed by atoms with Gasteiger partial charge < -0.3 is 14.3 Å². The number of hydrogen-bond acceptors (Lipinski definition) is 4. The highest BCUT2D eigenvalue weighted by atomic mass is 32.1. The molecule has 130 valence electrons. The molecule has 3 aromatic rings. The molecule has 26 heavy (non-hydrogen) atoms. The summed E-state index contributed by atoms with van der Waals surface area (Å²) in [5.41, 5.74) is 4.67. The van der Waals surface area contributed by atoms with Crippen LogP contribution in [-0.2, 0) is 16.1 Å². The summed E-state index contributed by atoms with van der Waals surface area (Å²) in [6.45, 7) is 0.478. The van der Waals surface area contributed by atoms with Crippen LogP contribution in [0.25, 0.3) is 22.4 Å². The highest BCUT2D eigenvalue weighted by Crippen LogP contribution is 2.24. The Morgan fingerprint density at radius 3 is 2.27 bits per heavy atom. The molecular weight excluding hydrogens is 346 g/mol. The summed E-state index contributed by atoms with van der Waals surface area (Å²) in [5.74, 6) is -0.263. The average molecular weight is 363 g/mol. The minimum absolute atomic E-state index is 0.263. The molecule has 0 amide bonds. The second kappa shape index (κ2) is 7.81. The van der Waals surface area contributed by atoms with Crippen LogP contribution in [0.2, 0.25) is 0 Å². The number of methoxy groups -OCH3 is 1. The van der Waals surface area contributed by atoms with Crippen molar-refractivity contribution in [1.82, 2.24) is 9.55 Å². The number of carbonyl (C=O) groups is 1. The van der Waals surface area contributed by atoms with Crippen LogP contribution in [0.1, 0.15) is 12.0 Å². The first-order valence-corrected chi connectivity index (χ1v) is 8.49. The predicted octanol–water partition coefficient (Wildman–Crippen LogP) is 4.31. The van der Waals surface area contributed by atoms with Crippen molar-refractivity contribution in [3.05, 3.63) is 65.1 Å². The first-order chi connectivity index (χ1) is 12.6. The van der Waals surface area contributed by atoms with E-state index in [0.717, 1.165) is 22.4 Å². The van der Waals surface area contributed by atoms with Gasteiger partial charge in [-0.3, -0.25) is 4.79 Å². The molecule has 5 nitrogen and oxygen atoms in total. The zero-order valence-corrected chi connectivity index (χ0v) is 15.0. The molecule has 0 spiro atoms. The lowest BCUT2D eigenvalue weighted by Crippen LogP contribution is -2.06. The van der Waals surface area contributed by atoms with Crippen LogP contribution in [0, 0.1) is 16.1 Å². The van der Waals surface area contributed by atoms with E-state index in [9.17, 15) is 4.79 Å². The van der Waals surface area contributed by atoms with Crippen molar-refractivity contribution in [3.8, 4) is 28.5 Å². The Morgan fingerprint density at radius 2 is 1.69 bits per heavy atom. The van der Waals surface area contributed by atoms with Crippen LogP contribution < -0.4 is 0 Å². The van der Waals surface area contributed by atoms with Crippen molar-refractivity contribution < 1.29 is 9.53 Å². The van der Waals surface area contributed by atoms with Crippen molar-refractivity contribution in [2.24, 2.45) is 0 Å². The number of nitrogens with zero attached hydrogens (tertiary/aromatic N) is 2. The van der Waals surface area contributed by atoms with E-state index in [1.807, 2.05) is 59.3 Å². The third-order valence-electron chi connectivity index (χ3n) is 4.12. The number of nitrogens with one attached hydrogen (secondary N) is 1. The number of carbonyl (C=O) groups excluding carboxylic acids is 1. The van der Waals surface area contributed by atoms with Crippen LogP contribution in [-0.4, -0.2) is 22.6 Å². The lowest BCUT2D eigenvalue weighted by Gasteiger charge is -2.04. The van der Waals surface area contributed by atoms with Gasteiger partial charge in [0.1, 0.15) is 0 Å². The zero-order chi connectivity index (χ0) is 18.5. The van der Waals surface area contributed by atoms with E-state index < -0.39 is 0 Å². The third-order valence-corrected chi connectivity index (χ3v) is 4.45. The van der Waals surface area contributed by atoms with E-state index in [0.29, 0.717) is 16.9 Å². The topological polar surface area (TPSA) is 70.8 Å². The number of aromatic nitrogens is 2. The molecule has 2 aromatic carbocycles. The monoisotopic (exact) mass is 363 g/mol. The van der Waals surface area contributed by atoms with Crippen molar-refractivity contribution in [2.45, 2.75) is 13.0 Å². The minimum atomic E-state index is -0.263. The largest absolute Gasteiger partial charge is 0.469 e. The molecule has 0 unspecified atom stereocenters. The van der Waals surface area contributed by atoms with Gasteiger partial charge in [-0.2, -0.15) is 5.26 Å². The van der Waals surface area contributed by atoms with Crippen LogP contribution >= 0.6 is 12.2 Å². The molecule has 0 fully saturated rings.